The van der Waals surface area contributed by atoms with Crippen LogP contribution in [0.15, 0.2) is 24.3 Å². The fraction of sp³-hybridized carbons (Fsp3) is 0.455. The zero-order valence-electron chi connectivity index (χ0n) is 8.16. The Labute approximate surface area is 79.6 Å². The van der Waals surface area contributed by atoms with Crippen molar-refractivity contribution in [2.45, 2.75) is 6.92 Å². The number of rotatable bonds is 1. The van der Waals surface area contributed by atoms with E-state index in [4.69, 9.17) is 0 Å². The van der Waals surface area contributed by atoms with E-state index in [9.17, 15) is 0 Å². The van der Waals surface area contributed by atoms with Crippen molar-refractivity contribution in [2.75, 3.05) is 31.1 Å². The predicted octanol–water partition coefficient (Wildman–Crippen LogP) is 0.378. The lowest BCUT2D eigenvalue weighted by Gasteiger charge is -2.27. The summed E-state index contributed by atoms with van der Waals surface area (Å²) in [5, 5.41) is 2.38. The third-order valence-electron chi connectivity index (χ3n) is 2.57. The second kappa shape index (κ2) is 3.79. The summed E-state index contributed by atoms with van der Waals surface area (Å²) in [6.45, 7) is 6.98. The van der Waals surface area contributed by atoms with Gasteiger partial charge in [0.2, 0.25) is 0 Å². The highest BCUT2D eigenvalue weighted by Crippen LogP contribution is 2.15. The lowest BCUT2D eigenvalue weighted by molar-refractivity contribution is -0.655. The molecular weight excluding hydrogens is 160 g/mol. The van der Waals surface area contributed by atoms with Gasteiger partial charge >= 0.3 is 0 Å². The van der Waals surface area contributed by atoms with Gasteiger partial charge in [-0.1, -0.05) is 12.1 Å². The molecular formula is C11H17N2+. The SMILES string of the molecule is Cc1cccc(N2CC[NH2+]CC2)c1. The molecule has 0 unspecified atom stereocenters. The van der Waals surface area contributed by atoms with Crippen LogP contribution in [0.1, 0.15) is 5.56 Å². The second-order valence-corrected chi connectivity index (χ2v) is 3.69. The van der Waals surface area contributed by atoms with E-state index >= 15 is 0 Å². The second-order valence-electron chi connectivity index (χ2n) is 3.69. The smallest absolute Gasteiger partial charge is 0.0934 e. The predicted molar refractivity (Wildman–Crippen MR) is 55.1 cm³/mol. The highest BCUT2D eigenvalue weighted by molar-refractivity contribution is 5.48. The van der Waals surface area contributed by atoms with Gasteiger partial charge in [-0.25, -0.2) is 0 Å². The molecule has 0 spiro atoms. The molecule has 1 saturated heterocycles. The average Bonchev–Trinajstić information content (AvgIpc) is 2.19. The van der Waals surface area contributed by atoms with Gasteiger partial charge in [-0.05, 0) is 24.6 Å². The van der Waals surface area contributed by atoms with Crippen LogP contribution < -0.4 is 10.2 Å². The summed E-state index contributed by atoms with van der Waals surface area (Å²) < 4.78 is 0. The van der Waals surface area contributed by atoms with Gasteiger partial charge in [0.05, 0.1) is 26.2 Å². The van der Waals surface area contributed by atoms with Crippen LogP contribution in [-0.4, -0.2) is 26.2 Å². The minimum atomic E-state index is 1.18. The first-order valence-corrected chi connectivity index (χ1v) is 4.99. The maximum atomic E-state index is 2.47. The Kier molecular flexibility index (Phi) is 2.50. The van der Waals surface area contributed by atoms with Gasteiger partial charge in [0, 0.05) is 5.69 Å². The quantitative estimate of drug-likeness (QED) is 0.657. The highest BCUT2D eigenvalue weighted by atomic mass is 15.2. The molecule has 0 radical (unpaired) electrons. The largest absolute Gasteiger partial charge is 0.360 e. The van der Waals surface area contributed by atoms with E-state index in [1.165, 1.54) is 37.4 Å². The molecule has 2 heteroatoms. The number of hydrogen-bond donors (Lipinski definition) is 1. The summed E-state index contributed by atoms with van der Waals surface area (Å²) >= 11 is 0. The van der Waals surface area contributed by atoms with Crippen molar-refractivity contribution in [3.63, 3.8) is 0 Å². The summed E-state index contributed by atoms with van der Waals surface area (Å²) in [5.74, 6) is 0. The van der Waals surface area contributed by atoms with Crippen molar-refractivity contribution in [2.24, 2.45) is 0 Å². The van der Waals surface area contributed by atoms with Crippen LogP contribution in [-0.2, 0) is 0 Å². The van der Waals surface area contributed by atoms with Gasteiger partial charge in [-0.15, -0.1) is 0 Å². The molecule has 0 aliphatic carbocycles. The number of anilines is 1. The first-order valence-electron chi connectivity index (χ1n) is 4.99. The molecule has 70 valence electrons. The Bertz CT molecular complexity index is 277. The first-order chi connectivity index (χ1) is 6.36. The molecule has 0 bridgehead atoms. The average molecular weight is 177 g/mol. The van der Waals surface area contributed by atoms with E-state index in [1.807, 2.05) is 0 Å². The summed E-state index contributed by atoms with van der Waals surface area (Å²) in [6.07, 6.45) is 0. The molecule has 2 rings (SSSR count). The maximum Gasteiger partial charge on any atom is 0.0934 e. The molecule has 2 nitrogen and oxygen atoms in total. The van der Waals surface area contributed by atoms with Crippen LogP contribution in [0.4, 0.5) is 5.69 Å². The van der Waals surface area contributed by atoms with Gasteiger partial charge in [0.1, 0.15) is 0 Å². The van der Waals surface area contributed by atoms with Gasteiger partial charge < -0.3 is 10.2 Å². The monoisotopic (exact) mass is 177 g/mol. The molecule has 1 aliphatic heterocycles. The van der Waals surface area contributed by atoms with Crippen molar-refractivity contribution in [1.82, 2.24) is 0 Å². The Morgan fingerprint density at radius 1 is 1.23 bits per heavy atom. The number of nitrogens with zero attached hydrogens (tertiary/aromatic N) is 1. The Morgan fingerprint density at radius 2 is 2.00 bits per heavy atom. The molecule has 2 N–H and O–H groups in total. The molecule has 13 heavy (non-hydrogen) atoms. The van der Waals surface area contributed by atoms with E-state index in [-0.39, 0.29) is 0 Å². The van der Waals surface area contributed by atoms with Crippen LogP contribution >= 0.6 is 0 Å². The van der Waals surface area contributed by atoms with E-state index in [0.717, 1.165) is 0 Å². The van der Waals surface area contributed by atoms with Crippen molar-refractivity contribution >= 4 is 5.69 Å². The maximum absolute atomic E-state index is 2.47. The number of benzene rings is 1. The van der Waals surface area contributed by atoms with E-state index in [1.54, 1.807) is 0 Å². The highest BCUT2D eigenvalue weighted by Gasteiger charge is 2.11. The molecule has 1 aromatic carbocycles. The minimum absolute atomic E-state index is 1.18. The van der Waals surface area contributed by atoms with Crippen molar-refractivity contribution in [3.8, 4) is 0 Å². The molecule has 0 aromatic heterocycles. The van der Waals surface area contributed by atoms with E-state index in [0.29, 0.717) is 0 Å². The number of hydrogen-bond acceptors (Lipinski definition) is 1. The molecule has 0 atom stereocenters. The normalized spacial score (nSPS) is 17.5. The number of quaternary nitrogens is 1. The van der Waals surface area contributed by atoms with E-state index in [2.05, 4.69) is 41.4 Å². The van der Waals surface area contributed by atoms with Crippen molar-refractivity contribution < 1.29 is 5.32 Å². The Hall–Kier alpha value is -1.02. The van der Waals surface area contributed by atoms with Crippen LogP contribution in [0, 0.1) is 6.92 Å². The lowest BCUT2D eigenvalue weighted by atomic mass is 10.2. The zero-order valence-corrected chi connectivity index (χ0v) is 8.16. The topological polar surface area (TPSA) is 19.9 Å². The molecule has 1 heterocycles. The van der Waals surface area contributed by atoms with Crippen LogP contribution in [0.2, 0.25) is 0 Å². The standard InChI is InChI=1S/C11H16N2/c1-10-3-2-4-11(9-10)13-7-5-12-6-8-13/h2-4,9,12H,5-8H2,1H3/p+1. The summed E-state index contributed by atoms with van der Waals surface area (Å²) in [4.78, 5) is 2.47. The Morgan fingerprint density at radius 3 is 2.69 bits per heavy atom. The number of nitrogens with two attached hydrogens (primary N) is 1. The van der Waals surface area contributed by atoms with Crippen LogP contribution in [0.5, 0.6) is 0 Å². The van der Waals surface area contributed by atoms with Gasteiger partial charge in [0.15, 0.2) is 0 Å². The summed E-state index contributed by atoms with van der Waals surface area (Å²) in [6, 6.07) is 8.77. The summed E-state index contributed by atoms with van der Waals surface area (Å²) in [7, 11) is 0. The third-order valence-corrected chi connectivity index (χ3v) is 2.57. The first kappa shape index (κ1) is 8.57. The molecule has 1 aromatic rings. The molecule has 1 fully saturated rings. The fourth-order valence-electron chi connectivity index (χ4n) is 1.83. The lowest BCUT2D eigenvalue weighted by Crippen LogP contribution is -2.89. The zero-order chi connectivity index (χ0) is 9.10. The van der Waals surface area contributed by atoms with Crippen molar-refractivity contribution in [1.29, 1.82) is 0 Å². The van der Waals surface area contributed by atoms with Crippen LogP contribution in [0.3, 0.4) is 0 Å². The molecule has 1 aliphatic rings. The summed E-state index contributed by atoms with van der Waals surface area (Å²) in [5.41, 5.74) is 2.74. The van der Waals surface area contributed by atoms with Crippen molar-refractivity contribution in [3.05, 3.63) is 29.8 Å². The molecule has 0 amide bonds. The van der Waals surface area contributed by atoms with Crippen LogP contribution in [0.25, 0.3) is 0 Å². The van der Waals surface area contributed by atoms with E-state index < -0.39 is 0 Å². The number of aryl methyl sites for hydroxylation is 1. The third kappa shape index (κ3) is 2.01. The Balaban J connectivity index is 2.14. The molecule has 0 saturated carbocycles. The van der Waals surface area contributed by atoms with Gasteiger partial charge in [-0.3, -0.25) is 0 Å². The number of piperazine rings is 1. The fourth-order valence-corrected chi connectivity index (χ4v) is 1.83. The van der Waals surface area contributed by atoms with Gasteiger partial charge in [-0.2, -0.15) is 0 Å². The van der Waals surface area contributed by atoms with Gasteiger partial charge in [0.25, 0.3) is 0 Å². The minimum Gasteiger partial charge on any atom is -0.360 e.